The number of fused-ring (bicyclic) bond motifs is 1. The number of nitrogens with one attached hydrogen (secondary N) is 2. The fourth-order valence-corrected chi connectivity index (χ4v) is 2.80. The number of carbonyl (C=O) groups excluding carboxylic acids is 1. The van der Waals surface area contributed by atoms with E-state index in [2.05, 4.69) is 10.6 Å². The molecule has 17 heavy (non-hydrogen) atoms. The van der Waals surface area contributed by atoms with Crippen LogP contribution in [0.1, 0.15) is 25.7 Å². The average Bonchev–Trinajstić information content (AvgIpc) is 2.73. The Bertz CT molecular complexity index is 498. The number of hydrogen-bond acceptors (Lipinski definition) is 2. The summed E-state index contributed by atoms with van der Waals surface area (Å²) in [5, 5.41) is 6.06. The molecule has 2 aliphatic rings. The van der Waals surface area contributed by atoms with Crippen molar-refractivity contribution in [2.45, 2.75) is 31.2 Å². The molecule has 1 saturated carbocycles. The molecule has 1 aromatic carbocycles. The van der Waals surface area contributed by atoms with Gasteiger partial charge in [-0.15, -0.1) is 0 Å². The summed E-state index contributed by atoms with van der Waals surface area (Å²) in [7, 11) is 0. The number of rotatable bonds is 0. The fraction of sp³-hybridized carbons (Fsp3) is 0.417. The zero-order chi connectivity index (χ0) is 12.0. The van der Waals surface area contributed by atoms with Crippen LogP contribution in [0.15, 0.2) is 12.1 Å². The van der Waals surface area contributed by atoms with E-state index in [1.54, 1.807) is 0 Å². The molecule has 3 rings (SSSR count). The topological polar surface area (TPSA) is 41.1 Å². The Balaban J connectivity index is 2.04. The van der Waals surface area contributed by atoms with E-state index in [-0.39, 0.29) is 10.9 Å². The molecule has 0 bridgehead atoms. The molecule has 1 spiro atoms. The fourth-order valence-electron chi connectivity index (χ4n) is 2.64. The number of hydrogen-bond donors (Lipinski definition) is 2. The second-order valence-corrected chi connectivity index (χ2v) is 5.09. The van der Waals surface area contributed by atoms with E-state index in [9.17, 15) is 9.18 Å². The number of carbonyl (C=O) groups is 1. The van der Waals surface area contributed by atoms with E-state index in [1.807, 2.05) is 0 Å². The molecule has 0 atom stereocenters. The van der Waals surface area contributed by atoms with Crippen molar-refractivity contribution in [2.24, 2.45) is 0 Å². The molecule has 90 valence electrons. The van der Waals surface area contributed by atoms with E-state index >= 15 is 0 Å². The lowest BCUT2D eigenvalue weighted by Crippen LogP contribution is -2.50. The van der Waals surface area contributed by atoms with Gasteiger partial charge in [-0.25, -0.2) is 4.39 Å². The monoisotopic (exact) mass is 254 g/mol. The van der Waals surface area contributed by atoms with E-state index in [0.717, 1.165) is 25.7 Å². The lowest BCUT2D eigenvalue weighted by Gasteiger charge is -2.35. The zero-order valence-corrected chi connectivity index (χ0v) is 9.90. The average molecular weight is 255 g/mol. The second-order valence-electron chi connectivity index (χ2n) is 4.68. The largest absolute Gasteiger partial charge is 0.369 e. The third kappa shape index (κ3) is 1.59. The summed E-state index contributed by atoms with van der Waals surface area (Å²) < 4.78 is 13.3. The quantitative estimate of drug-likeness (QED) is 0.747. The molecule has 1 aliphatic heterocycles. The Hall–Kier alpha value is -1.29. The van der Waals surface area contributed by atoms with Gasteiger partial charge >= 0.3 is 0 Å². The van der Waals surface area contributed by atoms with E-state index in [1.165, 1.54) is 12.1 Å². The minimum atomic E-state index is -0.520. The molecular weight excluding hydrogens is 243 g/mol. The molecule has 1 aromatic rings. The molecular formula is C12H12ClFN2O. The summed E-state index contributed by atoms with van der Waals surface area (Å²) in [5.41, 5.74) is 0.654. The first-order valence-corrected chi connectivity index (χ1v) is 6.07. The Kier molecular flexibility index (Phi) is 2.30. The van der Waals surface area contributed by atoms with Gasteiger partial charge in [-0.3, -0.25) is 4.79 Å². The Morgan fingerprint density at radius 3 is 2.65 bits per heavy atom. The molecule has 1 fully saturated rings. The van der Waals surface area contributed by atoms with Crippen LogP contribution in [0.3, 0.4) is 0 Å². The molecule has 1 heterocycles. The van der Waals surface area contributed by atoms with Gasteiger partial charge in [0.1, 0.15) is 11.4 Å². The van der Waals surface area contributed by atoms with Crippen molar-refractivity contribution < 1.29 is 9.18 Å². The van der Waals surface area contributed by atoms with Crippen molar-refractivity contribution in [2.75, 3.05) is 10.6 Å². The van der Waals surface area contributed by atoms with Crippen molar-refractivity contribution in [3.8, 4) is 0 Å². The molecule has 1 aliphatic carbocycles. The summed E-state index contributed by atoms with van der Waals surface area (Å²) in [6.07, 6.45) is 3.69. The molecule has 0 unspecified atom stereocenters. The van der Waals surface area contributed by atoms with Gasteiger partial charge in [0.05, 0.1) is 16.4 Å². The van der Waals surface area contributed by atoms with Crippen molar-refractivity contribution >= 4 is 28.9 Å². The van der Waals surface area contributed by atoms with Gasteiger partial charge in [-0.05, 0) is 18.9 Å². The number of benzene rings is 1. The number of halogens is 2. The maximum absolute atomic E-state index is 13.3. The zero-order valence-electron chi connectivity index (χ0n) is 9.15. The summed E-state index contributed by atoms with van der Waals surface area (Å²) >= 11 is 5.75. The van der Waals surface area contributed by atoms with Gasteiger partial charge in [-0.2, -0.15) is 0 Å². The Morgan fingerprint density at radius 2 is 1.94 bits per heavy atom. The van der Waals surface area contributed by atoms with Crippen LogP contribution in [0.5, 0.6) is 0 Å². The third-order valence-electron chi connectivity index (χ3n) is 3.57. The van der Waals surface area contributed by atoms with Crippen LogP contribution in [-0.4, -0.2) is 11.4 Å². The van der Waals surface area contributed by atoms with Gasteiger partial charge in [-0.1, -0.05) is 24.4 Å². The van der Waals surface area contributed by atoms with Crippen LogP contribution >= 0.6 is 11.6 Å². The lowest BCUT2D eigenvalue weighted by atomic mass is 9.93. The smallest absolute Gasteiger partial charge is 0.250 e. The van der Waals surface area contributed by atoms with E-state index in [4.69, 9.17) is 11.6 Å². The highest BCUT2D eigenvalue weighted by Gasteiger charge is 2.44. The standard InChI is InChI=1S/C12H12ClFN2O/c13-7-5-10-9(6-8(7)14)15-11(17)12(16-10)3-1-2-4-12/h5-6,16H,1-4H2,(H,15,17). The molecule has 0 saturated heterocycles. The minimum absolute atomic E-state index is 0.0655. The first-order valence-electron chi connectivity index (χ1n) is 5.69. The minimum Gasteiger partial charge on any atom is -0.369 e. The summed E-state index contributed by atoms with van der Waals surface area (Å²) in [5.74, 6) is -0.584. The van der Waals surface area contributed by atoms with Crippen LogP contribution in [0.4, 0.5) is 15.8 Å². The van der Waals surface area contributed by atoms with Crippen molar-refractivity contribution in [3.63, 3.8) is 0 Å². The van der Waals surface area contributed by atoms with Crippen molar-refractivity contribution in [1.82, 2.24) is 0 Å². The highest BCUT2D eigenvalue weighted by Crippen LogP contribution is 2.41. The summed E-state index contributed by atoms with van der Waals surface area (Å²) in [4.78, 5) is 12.0. The first kappa shape index (κ1) is 10.8. The van der Waals surface area contributed by atoms with Gasteiger partial charge in [0, 0.05) is 6.07 Å². The molecule has 0 radical (unpaired) electrons. The van der Waals surface area contributed by atoms with Crippen molar-refractivity contribution in [1.29, 1.82) is 0 Å². The van der Waals surface area contributed by atoms with Crippen LogP contribution < -0.4 is 10.6 Å². The molecule has 2 N–H and O–H groups in total. The summed E-state index contributed by atoms with van der Waals surface area (Å²) in [6.45, 7) is 0. The SMILES string of the molecule is O=C1Nc2cc(F)c(Cl)cc2NC12CCCC2. The highest BCUT2D eigenvalue weighted by molar-refractivity contribution is 6.31. The van der Waals surface area contributed by atoms with Crippen LogP contribution in [0.25, 0.3) is 0 Å². The first-order chi connectivity index (χ1) is 8.11. The molecule has 3 nitrogen and oxygen atoms in total. The Morgan fingerprint density at radius 1 is 1.24 bits per heavy atom. The van der Waals surface area contributed by atoms with Gasteiger partial charge in [0.2, 0.25) is 5.91 Å². The van der Waals surface area contributed by atoms with Crippen LogP contribution in [0, 0.1) is 5.82 Å². The molecule has 5 heteroatoms. The third-order valence-corrected chi connectivity index (χ3v) is 3.86. The molecule has 0 aromatic heterocycles. The molecule has 1 amide bonds. The maximum atomic E-state index is 13.3. The highest BCUT2D eigenvalue weighted by atomic mass is 35.5. The van der Waals surface area contributed by atoms with Gasteiger partial charge < -0.3 is 10.6 Å². The van der Waals surface area contributed by atoms with Gasteiger partial charge in [0.15, 0.2) is 0 Å². The predicted molar refractivity (Wildman–Crippen MR) is 64.9 cm³/mol. The second kappa shape index (κ2) is 3.60. The summed E-state index contributed by atoms with van der Waals surface area (Å²) in [6, 6.07) is 2.79. The van der Waals surface area contributed by atoms with E-state index < -0.39 is 11.4 Å². The van der Waals surface area contributed by atoms with Crippen LogP contribution in [-0.2, 0) is 4.79 Å². The maximum Gasteiger partial charge on any atom is 0.250 e. The lowest BCUT2D eigenvalue weighted by molar-refractivity contribution is -0.120. The van der Waals surface area contributed by atoms with Crippen molar-refractivity contribution in [3.05, 3.63) is 23.0 Å². The number of amides is 1. The normalized spacial score (nSPS) is 20.9. The Labute approximate surface area is 103 Å². The van der Waals surface area contributed by atoms with E-state index in [0.29, 0.717) is 11.4 Å². The predicted octanol–water partition coefficient (Wildman–Crippen LogP) is 3.16. The van der Waals surface area contributed by atoms with Crippen LogP contribution in [0.2, 0.25) is 5.02 Å². The van der Waals surface area contributed by atoms with Gasteiger partial charge in [0.25, 0.3) is 0 Å². The number of anilines is 2.